The van der Waals surface area contributed by atoms with Crippen LogP contribution in [0, 0.1) is 0 Å². The molecule has 0 radical (unpaired) electrons. The Balaban J connectivity index is 1.44. The Morgan fingerprint density at radius 2 is 1.62 bits per heavy atom. The molecule has 3 aromatic carbocycles. The minimum Gasteiger partial charge on any atom is -0.493 e. The quantitative estimate of drug-likeness (QED) is 0.448. The van der Waals surface area contributed by atoms with Gasteiger partial charge in [0, 0.05) is 45.2 Å². The van der Waals surface area contributed by atoms with Crippen molar-refractivity contribution in [1.82, 2.24) is 15.1 Å². The van der Waals surface area contributed by atoms with E-state index in [-0.39, 0.29) is 11.8 Å². The smallest absolute Gasteiger partial charge is 0.234 e. The molecule has 2 amide bonds. The van der Waals surface area contributed by atoms with E-state index in [2.05, 4.69) is 46.6 Å². The van der Waals surface area contributed by atoms with E-state index in [0.717, 1.165) is 48.1 Å². The van der Waals surface area contributed by atoms with Gasteiger partial charge in [-0.2, -0.15) is 0 Å². The molecule has 1 aliphatic rings. The van der Waals surface area contributed by atoms with Gasteiger partial charge in [0.2, 0.25) is 11.8 Å². The summed E-state index contributed by atoms with van der Waals surface area (Å²) in [6.45, 7) is 3.65. The van der Waals surface area contributed by atoms with Crippen molar-refractivity contribution >= 4 is 11.8 Å². The van der Waals surface area contributed by atoms with E-state index in [0.29, 0.717) is 52.2 Å². The maximum absolute atomic E-state index is 12.9. The Morgan fingerprint density at radius 1 is 0.872 bits per heavy atom. The Morgan fingerprint density at radius 3 is 2.38 bits per heavy atom. The van der Waals surface area contributed by atoms with Gasteiger partial charge in [-0.15, -0.1) is 0 Å². The standard InChI is InChI=1S/C33H41N3O3/c1-35(21-19-27-11-5-2-6-12-27)33(38)18-16-28-15-17-31-30(23-28)25-36(24-29-13-7-3-8-14-29)26-32(37)34-20-9-4-10-22-39-31/h2-3,5-8,11-15,17,23H,4,9-10,16,18-22,24-26H2,1H3,(H,34,37). The second-order valence-electron chi connectivity index (χ2n) is 10.4. The molecule has 0 saturated heterocycles. The molecule has 206 valence electrons. The summed E-state index contributed by atoms with van der Waals surface area (Å²) in [6.07, 6.45) is 4.90. The van der Waals surface area contributed by atoms with Crippen molar-refractivity contribution < 1.29 is 14.3 Å². The molecule has 39 heavy (non-hydrogen) atoms. The summed E-state index contributed by atoms with van der Waals surface area (Å²) in [4.78, 5) is 29.6. The lowest BCUT2D eigenvalue weighted by Gasteiger charge is -2.24. The maximum Gasteiger partial charge on any atom is 0.234 e. The van der Waals surface area contributed by atoms with Crippen molar-refractivity contribution in [2.24, 2.45) is 0 Å². The molecule has 1 N–H and O–H groups in total. The molecule has 3 aromatic rings. The van der Waals surface area contributed by atoms with Crippen LogP contribution in [-0.2, 0) is 35.5 Å². The Labute approximate surface area is 233 Å². The molecule has 0 atom stereocenters. The normalized spacial score (nSPS) is 15.1. The minimum atomic E-state index is 0.0490. The van der Waals surface area contributed by atoms with Crippen LogP contribution >= 0.6 is 0 Å². The Hall–Kier alpha value is -3.64. The zero-order valence-electron chi connectivity index (χ0n) is 23.1. The van der Waals surface area contributed by atoms with E-state index in [1.165, 1.54) is 5.56 Å². The van der Waals surface area contributed by atoms with Crippen molar-refractivity contribution in [2.45, 2.75) is 51.6 Å². The fourth-order valence-electron chi connectivity index (χ4n) is 4.88. The number of benzene rings is 3. The molecule has 0 aromatic heterocycles. The lowest BCUT2D eigenvalue weighted by atomic mass is 10.0. The molecule has 6 heteroatoms. The van der Waals surface area contributed by atoms with Gasteiger partial charge in [0.1, 0.15) is 5.75 Å². The molecule has 0 saturated carbocycles. The number of carbonyl (C=O) groups excluding carboxylic acids is 2. The van der Waals surface area contributed by atoms with Gasteiger partial charge in [0.05, 0.1) is 13.2 Å². The van der Waals surface area contributed by atoms with Gasteiger partial charge < -0.3 is 15.0 Å². The first kappa shape index (κ1) is 28.4. The van der Waals surface area contributed by atoms with Crippen LogP contribution < -0.4 is 10.1 Å². The van der Waals surface area contributed by atoms with E-state index in [1.54, 1.807) is 0 Å². The SMILES string of the molecule is CN(CCc1ccccc1)C(=O)CCc1ccc2c(c1)CN(Cc1ccccc1)CC(=O)NCCCCCO2. The fourth-order valence-corrected chi connectivity index (χ4v) is 4.88. The third kappa shape index (κ3) is 9.56. The van der Waals surface area contributed by atoms with E-state index < -0.39 is 0 Å². The molecule has 0 unspecified atom stereocenters. The summed E-state index contributed by atoms with van der Waals surface area (Å²) < 4.78 is 6.21. The molecule has 0 spiro atoms. The van der Waals surface area contributed by atoms with E-state index in [4.69, 9.17) is 4.74 Å². The van der Waals surface area contributed by atoms with Crippen molar-refractivity contribution in [1.29, 1.82) is 0 Å². The Bertz CT molecular complexity index is 1180. The Kier molecular flexibility index (Phi) is 11.0. The highest BCUT2D eigenvalue weighted by Gasteiger charge is 2.17. The summed E-state index contributed by atoms with van der Waals surface area (Å²) in [6, 6.07) is 26.8. The number of hydrogen-bond donors (Lipinski definition) is 1. The number of rotatable bonds is 8. The second kappa shape index (κ2) is 15.1. The largest absolute Gasteiger partial charge is 0.493 e. The van der Waals surface area contributed by atoms with Gasteiger partial charge in [-0.25, -0.2) is 0 Å². The number of hydrogen-bond acceptors (Lipinski definition) is 4. The minimum absolute atomic E-state index is 0.0490. The molecule has 4 rings (SSSR count). The number of aryl methyl sites for hydroxylation is 1. The van der Waals surface area contributed by atoms with E-state index >= 15 is 0 Å². The molecule has 0 bridgehead atoms. The summed E-state index contributed by atoms with van der Waals surface area (Å²) >= 11 is 0. The number of fused-ring (bicyclic) bond motifs is 1. The molecule has 0 aliphatic carbocycles. The van der Waals surface area contributed by atoms with Crippen LogP contribution in [0.4, 0.5) is 0 Å². The highest BCUT2D eigenvalue weighted by Crippen LogP contribution is 2.24. The van der Waals surface area contributed by atoms with Crippen LogP contribution in [0.5, 0.6) is 5.75 Å². The summed E-state index contributed by atoms with van der Waals surface area (Å²) in [7, 11) is 1.88. The number of nitrogens with one attached hydrogen (secondary N) is 1. The predicted octanol–water partition coefficient (Wildman–Crippen LogP) is 5.00. The summed E-state index contributed by atoms with van der Waals surface area (Å²) in [5.41, 5.74) is 4.56. The van der Waals surface area contributed by atoms with Crippen molar-refractivity contribution in [3.05, 3.63) is 101 Å². The second-order valence-corrected chi connectivity index (χ2v) is 10.4. The highest BCUT2D eigenvalue weighted by molar-refractivity contribution is 5.78. The van der Waals surface area contributed by atoms with Crippen LogP contribution in [0.25, 0.3) is 0 Å². The van der Waals surface area contributed by atoms with Crippen LogP contribution in [0.2, 0.25) is 0 Å². The van der Waals surface area contributed by atoms with Crippen LogP contribution in [0.3, 0.4) is 0 Å². The first-order chi connectivity index (χ1) is 19.1. The van der Waals surface area contributed by atoms with Gasteiger partial charge in [-0.3, -0.25) is 14.5 Å². The number of carbonyl (C=O) groups is 2. The van der Waals surface area contributed by atoms with E-state index in [1.807, 2.05) is 54.4 Å². The third-order valence-corrected chi connectivity index (χ3v) is 7.17. The van der Waals surface area contributed by atoms with Crippen LogP contribution in [0.15, 0.2) is 78.9 Å². The van der Waals surface area contributed by atoms with Crippen molar-refractivity contribution in [3.8, 4) is 5.75 Å². The zero-order chi connectivity index (χ0) is 27.3. The molecule has 1 heterocycles. The average Bonchev–Trinajstić information content (AvgIpc) is 2.97. The van der Waals surface area contributed by atoms with Crippen LogP contribution in [0.1, 0.15) is 47.9 Å². The van der Waals surface area contributed by atoms with Gasteiger partial charge in [0.25, 0.3) is 0 Å². The molecular weight excluding hydrogens is 486 g/mol. The number of likely N-dealkylation sites (N-methyl/N-ethyl adjacent to an activating group) is 1. The summed E-state index contributed by atoms with van der Waals surface area (Å²) in [5, 5.41) is 3.07. The monoisotopic (exact) mass is 527 g/mol. The molecule has 1 aliphatic heterocycles. The number of amides is 2. The molecular formula is C33H41N3O3. The van der Waals surface area contributed by atoms with Crippen molar-refractivity contribution in [2.75, 3.05) is 33.3 Å². The van der Waals surface area contributed by atoms with E-state index in [9.17, 15) is 9.59 Å². The van der Waals surface area contributed by atoms with Gasteiger partial charge in [-0.05, 0) is 54.9 Å². The lowest BCUT2D eigenvalue weighted by molar-refractivity contribution is -0.129. The number of ether oxygens (including phenoxy) is 1. The first-order valence-corrected chi connectivity index (χ1v) is 14.1. The van der Waals surface area contributed by atoms with Gasteiger partial charge in [0.15, 0.2) is 0 Å². The topological polar surface area (TPSA) is 61.9 Å². The highest BCUT2D eigenvalue weighted by atomic mass is 16.5. The zero-order valence-corrected chi connectivity index (χ0v) is 23.1. The fraction of sp³-hybridized carbons (Fsp3) is 0.394. The lowest BCUT2D eigenvalue weighted by Crippen LogP contribution is -2.37. The predicted molar refractivity (Wildman–Crippen MR) is 155 cm³/mol. The molecule has 6 nitrogen and oxygen atoms in total. The first-order valence-electron chi connectivity index (χ1n) is 14.1. The van der Waals surface area contributed by atoms with Crippen LogP contribution in [-0.4, -0.2) is 54.9 Å². The average molecular weight is 528 g/mol. The summed E-state index contributed by atoms with van der Waals surface area (Å²) in [5.74, 6) is 1.06. The van der Waals surface area contributed by atoms with Gasteiger partial charge in [-0.1, -0.05) is 72.8 Å². The molecule has 0 fully saturated rings. The third-order valence-electron chi connectivity index (χ3n) is 7.17. The number of nitrogens with zero attached hydrogens (tertiary/aromatic N) is 2. The maximum atomic E-state index is 12.9. The van der Waals surface area contributed by atoms with Gasteiger partial charge >= 0.3 is 0 Å². The van der Waals surface area contributed by atoms with Crippen molar-refractivity contribution in [3.63, 3.8) is 0 Å².